The zero-order valence-electron chi connectivity index (χ0n) is 17.5. The van der Waals surface area contributed by atoms with Gasteiger partial charge in [0, 0.05) is 5.30 Å². The first-order valence-electron chi connectivity index (χ1n) is 8.67. The Hall–Kier alpha value is -0.0500. The quantitative estimate of drug-likeness (QED) is 0.479. The van der Waals surface area contributed by atoms with E-state index in [0.717, 1.165) is 0 Å². The number of benzene rings is 1. The minimum Gasteiger partial charge on any atom is -0.0864 e. The Kier molecular flexibility index (Phi) is 5.80. The van der Waals surface area contributed by atoms with Crippen molar-refractivity contribution in [3.8, 4) is 0 Å². The van der Waals surface area contributed by atoms with Crippen LogP contribution < -0.4 is 5.30 Å². The molecular weight excluding hydrogens is 314 g/mol. The molecule has 0 aliphatic heterocycles. The maximum Gasteiger partial charge on any atom is 0.00907 e. The fourth-order valence-corrected chi connectivity index (χ4v) is 6.68. The molecule has 0 radical (unpaired) electrons. The van der Waals surface area contributed by atoms with E-state index in [9.17, 15) is 0 Å². The second-order valence-corrected chi connectivity index (χ2v) is 19.4. The minimum absolute atomic E-state index is 0.179. The summed E-state index contributed by atoms with van der Waals surface area (Å²) >= 11 is 0. The zero-order valence-corrected chi connectivity index (χ0v) is 19.3. The Bertz CT molecular complexity index is 580. The first kappa shape index (κ1) is 21.0. The fourth-order valence-electron chi connectivity index (χ4n) is 2.62. The van der Waals surface area contributed by atoms with E-state index >= 15 is 0 Å². The van der Waals surface area contributed by atoms with Gasteiger partial charge >= 0.3 is 0 Å². The lowest BCUT2D eigenvalue weighted by atomic mass is 9.75. The summed E-state index contributed by atoms with van der Waals surface area (Å²) in [4.78, 5) is 0. The van der Waals surface area contributed by atoms with Gasteiger partial charge in [-0.15, -0.1) is 0 Å². The van der Waals surface area contributed by atoms with E-state index in [-0.39, 0.29) is 16.2 Å². The average Bonchev–Trinajstić information content (AvgIpc) is 2.21. The second-order valence-electron chi connectivity index (χ2n) is 10.7. The van der Waals surface area contributed by atoms with Crippen molar-refractivity contribution in [2.45, 2.75) is 78.6 Å². The first-order valence-corrected chi connectivity index (χ1v) is 13.4. The molecule has 0 fully saturated rings. The predicted octanol–water partition coefficient (Wildman–Crippen LogP) is 6.97. The highest BCUT2D eigenvalue weighted by Crippen LogP contribution is 2.48. The maximum atomic E-state index is 2.49. The van der Waals surface area contributed by atoms with Crippen LogP contribution >= 0.6 is 14.4 Å². The SMILES string of the molecule is CC(C)(C)c1cc(C(C)(C)C)c(P=P(C)(C)C)c(C(C)(C)C)c1. The van der Waals surface area contributed by atoms with E-state index in [2.05, 4.69) is 94.4 Å². The topological polar surface area (TPSA) is 0 Å². The summed E-state index contributed by atoms with van der Waals surface area (Å²) in [5.74, 6) is 0. The summed E-state index contributed by atoms with van der Waals surface area (Å²) in [7, 11) is 1.54. The third-order valence-corrected chi connectivity index (χ3v) is 7.67. The monoisotopic (exact) mass is 352 g/mol. The molecule has 0 heterocycles. The molecule has 0 aliphatic carbocycles. The van der Waals surface area contributed by atoms with Gasteiger partial charge in [-0.3, -0.25) is 0 Å². The Morgan fingerprint density at radius 2 is 1.00 bits per heavy atom. The van der Waals surface area contributed by atoms with E-state index in [0.29, 0.717) is 0 Å². The minimum atomic E-state index is -0.914. The van der Waals surface area contributed by atoms with Crippen LogP contribution in [0.2, 0.25) is 0 Å². The summed E-state index contributed by atoms with van der Waals surface area (Å²) < 4.78 is 0. The van der Waals surface area contributed by atoms with Gasteiger partial charge in [-0.2, -0.15) is 0 Å². The Labute approximate surface area is 147 Å². The Balaban J connectivity index is 3.99. The average molecular weight is 352 g/mol. The summed E-state index contributed by atoms with van der Waals surface area (Å²) in [6.07, 6.45) is 0. The van der Waals surface area contributed by atoms with Crippen LogP contribution in [-0.2, 0) is 16.2 Å². The summed E-state index contributed by atoms with van der Waals surface area (Å²) in [5.41, 5.74) is 5.11. The van der Waals surface area contributed by atoms with Gasteiger partial charge in [-0.1, -0.05) is 88.9 Å². The van der Waals surface area contributed by atoms with E-state index in [1.54, 1.807) is 24.3 Å². The summed E-state index contributed by atoms with van der Waals surface area (Å²) in [6.45, 7) is 27.6. The third kappa shape index (κ3) is 5.76. The molecule has 0 spiro atoms. The summed E-state index contributed by atoms with van der Waals surface area (Å²) in [6, 6.07) is 4.99. The van der Waals surface area contributed by atoms with E-state index in [1.807, 2.05) is 0 Å². The van der Waals surface area contributed by atoms with Gasteiger partial charge in [0.15, 0.2) is 0 Å². The van der Waals surface area contributed by atoms with Crippen molar-refractivity contribution in [1.29, 1.82) is 0 Å². The molecule has 132 valence electrons. The van der Waals surface area contributed by atoms with Gasteiger partial charge in [0.1, 0.15) is 0 Å². The van der Waals surface area contributed by atoms with Crippen molar-refractivity contribution in [3.63, 3.8) is 0 Å². The van der Waals surface area contributed by atoms with Crippen LogP contribution in [0.5, 0.6) is 0 Å². The van der Waals surface area contributed by atoms with Crippen LogP contribution in [0.1, 0.15) is 79.0 Å². The molecule has 1 aromatic rings. The molecule has 0 N–H and O–H groups in total. The maximum absolute atomic E-state index is 2.49. The van der Waals surface area contributed by atoms with Crippen LogP contribution in [-0.4, -0.2) is 20.0 Å². The van der Waals surface area contributed by atoms with Gasteiger partial charge in [0.05, 0.1) is 0 Å². The normalized spacial score (nSPS) is 14.4. The van der Waals surface area contributed by atoms with Crippen molar-refractivity contribution in [3.05, 3.63) is 28.8 Å². The van der Waals surface area contributed by atoms with Gasteiger partial charge in [-0.05, 0) is 52.9 Å². The molecule has 0 unspecified atom stereocenters. The van der Waals surface area contributed by atoms with Crippen LogP contribution in [0.4, 0.5) is 0 Å². The zero-order chi connectivity index (χ0) is 18.4. The van der Waals surface area contributed by atoms with Crippen molar-refractivity contribution in [2.75, 3.05) is 20.0 Å². The van der Waals surface area contributed by atoms with Crippen LogP contribution in [0.3, 0.4) is 0 Å². The molecule has 1 rings (SSSR count). The highest BCUT2D eigenvalue weighted by molar-refractivity contribution is 8.06. The smallest absolute Gasteiger partial charge is 0.00907 e. The number of rotatable bonds is 1. The molecule has 0 saturated heterocycles. The van der Waals surface area contributed by atoms with Crippen molar-refractivity contribution in [1.82, 2.24) is 0 Å². The predicted molar refractivity (Wildman–Crippen MR) is 114 cm³/mol. The lowest BCUT2D eigenvalue weighted by Gasteiger charge is -2.33. The van der Waals surface area contributed by atoms with Gasteiger partial charge in [-0.25, -0.2) is 0 Å². The lowest BCUT2D eigenvalue weighted by Crippen LogP contribution is -2.29. The van der Waals surface area contributed by atoms with Gasteiger partial charge < -0.3 is 0 Å². The second kappa shape index (κ2) is 6.35. The Morgan fingerprint density at radius 3 is 1.22 bits per heavy atom. The van der Waals surface area contributed by atoms with Crippen molar-refractivity contribution in [2.24, 2.45) is 0 Å². The molecule has 0 aliphatic rings. The molecule has 1 aromatic carbocycles. The van der Waals surface area contributed by atoms with Gasteiger partial charge in [0.25, 0.3) is 0 Å². The van der Waals surface area contributed by atoms with Gasteiger partial charge in [0.2, 0.25) is 0 Å². The number of hydrogen-bond acceptors (Lipinski definition) is 0. The highest BCUT2D eigenvalue weighted by Gasteiger charge is 2.28. The molecule has 2 heteroatoms. The fraction of sp³-hybridized carbons (Fsp3) is 0.714. The summed E-state index contributed by atoms with van der Waals surface area (Å²) in [5, 5.41) is 1.60. The molecule has 0 nitrogen and oxygen atoms in total. The molecule has 0 saturated carbocycles. The highest BCUT2D eigenvalue weighted by atomic mass is 31.8. The lowest BCUT2D eigenvalue weighted by molar-refractivity contribution is 0.554. The molecule has 0 bridgehead atoms. The number of hydrogen-bond donors (Lipinski definition) is 0. The van der Waals surface area contributed by atoms with Crippen LogP contribution in [0.15, 0.2) is 12.1 Å². The first-order chi connectivity index (χ1) is 9.93. The molecule has 0 amide bonds. The molecule has 0 atom stereocenters. The Morgan fingerprint density at radius 1 is 0.652 bits per heavy atom. The molecule has 0 aromatic heterocycles. The molecular formula is C21H38P2. The standard InChI is InChI=1S/C21H38P2/c1-19(2,3)15-13-16(20(4,5)6)18(22-23(10,11)12)17(14-15)21(7,8)9/h13-14H,1-12H3. The van der Waals surface area contributed by atoms with E-state index in [4.69, 9.17) is 0 Å². The van der Waals surface area contributed by atoms with Crippen LogP contribution in [0.25, 0.3) is 0 Å². The van der Waals surface area contributed by atoms with Crippen molar-refractivity contribution >= 4 is 19.7 Å². The van der Waals surface area contributed by atoms with E-state index < -0.39 is 6.55 Å². The third-order valence-electron chi connectivity index (χ3n) is 3.99. The van der Waals surface area contributed by atoms with E-state index in [1.165, 1.54) is 5.56 Å². The van der Waals surface area contributed by atoms with Crippen LogP contribution in [0, 0.1) is 0 Å². The van der Waals surface area contributed by atoms with Crippen molar-refractivity contribution < 1.29 is 0 Å². The largest absolute Gasteiger partial charge is 0.0864 e. The molecule has 23 heavy (non-hydrogen) atoms.